The van der Waals surface area contributed by atoms with Gasteiger partial charge in [-0.15, -0.1) is 0 Å². The predicted octanol–water partition coefficient (Wildman–Crippen LogP) is 3.27. The molecule has 0 unspecified atom stereocenters. The molecule has 2 aromatic rings. The van der Waals surface area contributed by atoms with Crippen molar-refractivity contribution in [3.63, 3.8) is 0 Å². The molecule has 0 radical (unpaired) electrons. The van der Waals surface area contributed by atoms with Gasteiger partial charge in [0, 0.05) is 0 Å². The Bertz CT molecular complexity index is 895. The Morgan fingerprint density at radius 2 is 1.10 bits per heavy atom. The summed E-state index contributed by atoms with van der Waals surface area (Å²) in [5.74, 6) is -5.14. The molecule has 160 valence electrons. The second-order valence-corrected chi connectivity index (χ2v) is 6.76. The lowest BCUT2D eigenvalue weighted by molar-refractivity contribution is -0.275. The van der Waals surface area contributed by atoms with Crippen LogP contribution in [0.5, 0.6) is 5.75 Å². The third-order valence-electron chi connectivity index (χ3n) is 3.21. The van der Waals surface area contributed by atoms with Crippen molar-refractivity contribution in [1.82, 2.24) is 0 Å². The van der Waals surface area contributed by atoms with Gasteiger partial charge < -0.3 is 25.3 Å². The SMILES string of the molecule is CC(C)(C)OOc1c(C(=O)O)cccc1C(=O)O.O=C(O)c1cccc(C(=O)O)c1. The first-order chi connectivity index (χ1) is 13.8. The van der Waals surface area contributed by atoms with Crippen molar-refractivity contribution >= 4 is 23.9 Å². The molecular weight excluding hydrogens is 400 g/mol. The molecule has 0 aromatic heterocycles. The van der Waals surface area contributed by atoms with Gasteiger partial charge in [0.15, 0.2) is 5.75 Å². The summed E-state index contributed by atoms with van der Waals surface area (Å²) in [4.78, 5) is 52.6. The van der Waals surface area contributed by atoms with E-state index in [0.29, 0.717) is 0 Å². The van der Waals surface area contributed by atoms with Crippen molar-refractivity contribution in [2.24, 2.45) is 0 Å². The third-order valence-corrected chi connectivity index (χ3v) is 3.21. The Hall–Kier alpha value is -3.92. The van der Waals surface area contributed by atoms with Crippen LogP contribution in [0, 0.1) is 0 Å². The first kappa shape index (κ1) is 24.1. The van der Waals surface area contributed by atoms with Crippen LogP contribution in [0.25, 0.3) is 0 Å². The zero-order chi connectivity index (χ0) is 23.1. The molecule has 0 bridgehead atoms. The Kier molecular flexibility index (Phi) is 8.06. The molecule has 2 aromatic carbocycles. The third kappa shape index (κ3) is 7.24. The van der Waals surface area contributed by atoms with Crippen molar-refractivity contribution in [2.45, 2.75) is 26.4 Å². The monoisotopic (exact) mass is 420 g/mol. The number of rotatable bonds is 6. The number of carboxylic acid groups (broad SMARTS) is 4. The highest BCUT2D eigenvalue weighted by atomic mass is 17.2. The molecule has 0 heterocycles. The molecule has 4 N–H and O–H groups in total. The normalized spacial score (nSPS) is 10.4. The standard InChI is InChI=1S/C12H14O6.C8H6O4/c1-12(2,3)18-17-9-7(10(13)14)5-4-6-8(9)11(15)16;9-7(10)5-2-1-3-6(4-5)8(11)12/h4-6H,1-3H3,(H,13,14)(H,15,16);1-4H,(H,9,10)(H,11,12). The van der Waals surface area contributed by atoms with E-state index in [4.69, 9.17) is 30.2 Å². The molecule has 0 amide bonds. The van der Waals surface area contributed by atoms with E-state index in [9.17, 15) is 19.2 Å². The second-order valence-electron chi connectivity index (χ2n) is 6.76. The van der Waals surface area contributed by atoms with E-state index >= 15 is 0 Å². The number of carboxylic acids is 4. The minimum absolute atomic E-state index is 0.0186. The van der Waals surface area contributed by atoms with Crippen molar-refractivity contribution < 1.29 is 49.4 Å². The largest absolute Gasteiger partial charge is 0.478 e. The van der Waals surface area contributed by atoms with Crippen LogP contribution < -0.4 is 4.89 Å². The average Bonchev–Trinajstić information content (AvgIpc) is 2.65. The maximum Gasteiger partial charge on any atom is 0.339 e. The molecule has 0 aliphatic heterocycles. The van der Waals surface area contributed by atoms with E-state index in [0.717, 1.165) is 6.07 Å². The van der Waals surface area contributed by atoms with Gasteiger partial charge in [0.1, 0.15) is 16.7 Å². The first-order valence-corrected chi connectivity index (χ1v) is 8.35. The van der Waals surface area contributed by atoms with E-state index in [1.165, 1.54) is 36.4 Å². The highest BCUT2D eigenvalue weighted by Gasteiger charge is 2.23. The molecule has 0 aliphatic rings. The number of carbonyl (C=O) groups is 4. The second kappa shape index (κ2) is 10.0. The molecule has 0 spiro atoms. The molecule has 0 saturated heterocycles. The van der Waals surface area contributed by atoms with Gasteiger partial charge in [0.25, 0.3) is 0 Å². The number of para-hydroxylation sites is 1. The molecule has 10 nitrogen and oxygen atoms in total. The van der Waals surface area contributed by atoms with Crippen LogP contribution in [0.3, 0.4) is 0 Å². The van der Waals surface area contributed by atoms with E-state index in [1.807, 2.05) is 0 Å². The number of hydrogen-bond acceptors (Lipinski definition) is 6. The first-order valence-electron chi connectivity index (χ1n) is 8.35. The summed E-state index contributed by atoms with van der Waals surface area (Å²) in [6.07, 6.45) is 0. The molecule has 2 rings (SSSR count). The van der Waals surface area contributed by atoms with Crippen LogP contribution in [0.4, 0.5) is 0 Å². The van der Waals surface area contributed by atoms with E-state index in [2.05, 4.69) is 0 Å². The Labute approximate surface area is 170 Å². The van der Waals surface area contributed by atoms with E-state index in [1.54, 1.807) is 20.8 Å². The summed E-state index contributed by atoms with van der Waals surface area (Å²) < 4.78 is 0. The highest BCUT2D eigenvalue weighted by Crippen LogP contribution is 2.26. The lowest BCUT2D eigenvalue weighted by atomic mass is 10.1. The fourth-order valence-corrected chi connectivity index (χ4v) is 1.92. The lowest BCUT2D eigenvalue weighted by Crippen LogP contribution is -2.23. The van der Waals surface area contributed by atoms with Crippen molar-refractivity contribution in [3.8, 4) is 5.75 Å². The molecule has 0 saturated carbocycles. The molecule has 0 fully saturated rings. The smallest absolute Gasteiger partial charge is 0.339 e. The zero-order valence-corrected chi connectivity index (χ0v) is 16.3. The highest BCUT2D eigenvalue weighted by molar-refractivity contribution is 5.98. The maximum atomic E-state index is 11.0. The number of hydrogen-bond donors (Lipinski definition) is 4. The number of benzene rings is 2. The molecule has 0 atom stereocenters. The topological polar surface area (TPSA) is 168 Å². The van der Waals surface area contributed by atoms with Crippen LogP contribution in [-0.2, 0) is 4.89 Å². The van der Waals surface area contributed by atoms with Crippen LogP contribution in [-0.4, -0.2) is 49.9 Å². The fraction of sp³-hybridized carbons (Fsp3) is 0.200. The van der Waals surface area contributed by atoms with Crippen molar-refractivity contribution in [1.29, 1.82) is 0 Å². The summed E-state index contributed by atoms with van der Waals surface area (Å²) in [7, 11) is 0. The Balaban J connectivity index is 0.000000325. The van der Waals surface area contributed by atoms with Gasteiger partial charge in [-0.05, 0) is 51.1 Å². The summed E-state index contributed by atoms with van der Waals surface area (Å²) in [5, 5.41) is 34.9. The van der Waals surface area contributed by atoms with Gasteiger partial charge in [-0.25, -0.2) is 19.2 Å². The van der Waals surface area contributed by atoms with Gasteiger partial charge >= 0.3 is 23.9 Å². The molecule has 10 heteroatoms. The molecule has 0 aliphatic carbocycles. The lowest BCUT2D eigenvalue weighted by Gasteiger charge is -2.19. The van der Waals surface area contributed by atoms with Crippen LogP contribution in [0.1, 0.15) is 62.2 Å². The van der Waals surface area contributed by atoms with Crippen LogP contribution >= 0.6 is 0 Å². The Morgan fingerprint density at radius 3 is 1.43 bits per heavy atom. The minimum atomic E-state index is -1.29. The summed E-state index contributed by atoms with van der Waals surface area (Å²) >= 11 is 0. The van der Waals surface area contributed by atoms with Gasteiger partial charge in [-0.3, -0.25) is 0 Å². The van der Waals surface area contributed by atoms with E-state index in [-0.39, 0.29) is 28.0 Å². The fourth-order valence-electron chi connectivity index (χ4n) is 1.92. The molecule has 30 heavy (non-hydrogen) atoms. The van der Waals surface area contributed by atoms with Crippen LogP contribution in [0.15, 0.2) is 42.5 Å². The zero-order valence-electron chi connectivity index (χ0n) is 16.3. The summed E-state index contributed by atoms with van der Waals surface area (Å²) in [5.41, 5.74) is -1.26. The number of aromatic carboxylic acids is 4. The quantitative estimate of drug-likeness (QED) is 0.402. The average molecular weight is 420 g/mol. The predicted molar refractivity (Wildman–Crippen MR) is 102 cm³/mol. The van der Waals surface area contributed by atoms with Crippen molar-refractivity contribution in [3.05, 3.63) is 64.7 Å². The van der Waals surface area contributed by atoms with Crippen molar-refractivity contribution in [2.75, 3.05) is 0 Å². The maximum absolute atomic E-state index is 11.0. The Morgan fingerprint density at radius 1 is 0.700 bits per heavy atom. The van der Waals surface area contributed by atoms with Gasteiger partial charge in [-0.2, -0.15) is 4.89 Å². The summed E-state index contributed by atoms with van der Waals surface area (Å²) in [6.45, 7) is 5.07. The van der Waals surface area contributed by atoms with E-state index < -0.39 is 29.5 Å². The van der Waals surface area contributed by atoms with Gasteiger partial charge in [0.05, 0.1) is 11.1 Å². The minimum Gasteiger partial charge on any atom is -0.478 e. The summed E-state index contributed by atoms with van der Waals surface area (Å²) in [6, 6.07) is 9.02. The van der Waals surface area contributed by atoms with Gasteiger partial charge in [0.2, 0.25) is 0 Å². The van der Waals surface area contributed by atoms with Crippen LogP contribution in [0.2, 0.25) is 0 Å². The molecular formula is C20H20O10. The van der Waals surface area contributed by atoms with Gasteiger partial charge in [-0.1, -0.05) is 12.1 Å².